The second kappa shape index (κ2) is 8.24. The zero-order valence-electron chi connectivity index (χ0n) is 16.2. The van der Waals surface area contributed by atoms with Gasteiger partial charge in [0.05, 0.1) is 0 Å². The molecule has 4 rings (SSSR count). The molecule has 2 heterocycles. The molecule has 27 heavy (non-hydrogen) atoms. The summed E-state index contributed by atoms with van der Waals surface area (Å²) in [5.41, 5.74) is 2.14. The zero-order valence-corrected chi connectivity index (χ0v) is 16.2. The number of aryl methyl sites for hydroxylation is 1. The molecule has 0 unspecified atom stereocenters. The summed E-state index contributed by atoms with van der Waals surface area (Å²) < 4.78 is 5.49. The molecule has 5 heteroatoms. The molecular formula is C22H29N3O2. The molecule has 144 valence electrons. The number of amides is 1. The van der Waals surface area contributed by atoms with Crippen molar-refractivity contribution in [3.8, 4) is 11.5 Å². The van der Waals surface area contributed by atoms with E-state index in [0.717, 1.165) is 56.1 Å². The molecule has 5 nitrogen and oxygen atoms in total. The van der Waals surface area contributed by atoms with Gasteiger partial charge in [-0.3, -0.25) is 4.79 Å². The fourth-order valence-corrected chi connectivity index (χ4v) is 4.47. The largest absolute Gasteiger partial charge is 0.343 e. The van der Waals surface area contributed by atoms with Gasteiger partial charge in [0.1, 0.15) is 0 Å². The molecule has 1 aliphatic carbocycles. The van der Waals surface area contributed by atoms with Gasteiger partial charge in [-0.2, -0.15) is 4.98 Å². The predicted molar refractivity (Wildman–Crippen MR) is 104 cm³/mol. The number of benzene rings is 1. The van der Waals surface area contributed by atoms with E-state index < -0.39 is 0 Å². The fourth-order valence-electron chi connectivity index (χ4n) is 4.47. The third-order valence-electron chi connectivity index (χ3n) is 6.16. The maximum Gasteiger partial charge on any atom is 0.257 e. The van der Waals surface area contributed by atoms with Gasteiger partial charge in [0.25, 0.3) is 5.89 Å². The predicted octanol–water partition coefficient (Wildman–Crippen LogP) is 4.72. The number of carbonyl (C=O) groups is 1. The third kappa shape index (κ3) is 4.40. The molecule has 1 saturated carbocycles. The highest BCUT2D eigenvalue weighted by molar-refractivity contribution is 5.76. The molecular weight excluding hydrogens is 338 g/mol. The number of piperidine rings is 1. The van der Waals surface area contributed by atoms with Crippen LogP contribution < -0.4 is 0 Å². The first-order valence-corrected chi connectivity index (χ1v) is 10.4. The summed E-state index contributed by atoms with van der Waals surface area (Å²) >= 11 is 0. The Labute approximate surface area is 161 Å². The van der Waals surface area contributed by atoms with Crippen molar-refractivity contribution in [3.63, 3.8) is 0 Å². The monoisotopic (exact) mass is 367 g/mol. The molecule has 0 N–H and O–H groups in total. The van der Waals surface area contributed by atoms with E-state index >= 15 is 0 Å². The van der Waals surface area contributed by atoms with Crippen molar-refractivity contribution >= 4 is 5.91 Å². The minimum atomic E-state index is 0.284. The second-order valence-electron chi connectivity index (χ2n) is 8.17. The molecule has 1 aliphatic heterocycles. The first-order valence-electron chi connectivity index (χ1n) is 10.4. The highest BCUT2D eigenvalue weighted by atomic mass is 16.5. The fraction of sp³-hybridized carbons (Fsp3) is 0.591. The van der Waals surface area contributed by atoms with Crippen LogP contribution in [-0.2, 0) is 4.79 Å². The van der Waals surface area contributed by atoms with Gasteiger partial charge >= 0.3 is 0 Å². The van der Waals surface area contributed by atoms with E-state index in [1.807, 2.05) is 17.0 Å². The Morgan fingerprint density at radius 3 is 2.70 bits per heavy atom. The van der Waals surface area contributed by atoms with Crippen LogP contribution in [0.25, 0.3) is 11.5 Å². The average molecular weight is 367 g/mol. The van der Waals surface area contributed by atoms with Crippen molar-refractivity contribution in [2.75, 3.05) is 13.1 Å². The molecule has 0 bridgehead atoms. The molecule has 0 spiro atoms. The normalized spacial score (nSPS) is 18.9. The molecule has 1 amide bonds. The lowest BCUT2D eigenvalue weighted by Gasteiger charge is -2.31. The molecule has 2 aromatic rings. The highest BCUT2D eigenvalue weighted by Crippen LogP contribution is 2.31. The Balaban J connectivity index is 1.29. The number of hydrogen-bond acceptors (Lipinski definition) is 4. The SMILES string of the molecule is Cc1cccc(-c2nc(C3CCN(C(=O)CCC4CCCC4)CC3)no2)c1. The van der Waals surface area contributed by atoms with Gasteiger partial charge in [0.2, 0.25) is 5.91 Å². The average Bonchev–Trinajstić information content (AvgIpc) is 3.38. The summed E-state index contributed by atoms with van der Waals surface area (Å²) in [6, 6.07) is 8.11. The van der Waals surface area contributed by atoms with Crippen LogP contribution in [0, 0.1) is 12.8 Å². The first-order chi connectivity index (χ1) is 13.2. The summed E-state index contributed by atoms with van der Waals surface area (Å²) in [4.78, 5) is 19.2. The van der Waals surface area contributed by atoms with E-state index in [2.05, 4.69) is 29.2 Å². The maximum atomic E-state index is 12.5. The highest BCUT2D eigenvalue weighted by Gasteiger charge is 2.27. The van der Waals surface area contributed by atoms with Crippen molar-refractivity contribution < 1.29 is 9.32 Å². The van der Waals surface area contributed by atoms with Gasteiger partial charge in [-0.05, 0) is 44.2 Å². The standard InChI is InChI=1S/C22H29N3O2/c1-16-5-4-8-19(15-16)22-23-21(24-27-22)18-11-13-25(14-12-18)20(26)10-9-17-6-2-3-7-17/h4-5,8,15,17-18H,2-3,6-7,9-14H2,1H3. The van der Waals surface area contributed by atoms with Crippen molar-refractivity contribution in [3.05, 3.63) is 35.7 Å². The van der Waals surface area contributed by atoms with Crippen LogP contribution in [0.4, 0.5) is 0 Å². The van der Waals surface area contributed by atoms with Gasteiger partial charge in [0, 0.05) is 31.0 Å². The summed E-state index contributed by atoms with van der Waals surface area (Å²) in [7, 11) is 0. The first kappa shape index (κ1) is 18.2. The van der Waals surface area contributed by atoms with E-state index in [1.54, 1.807) is 0 Å². The van der Waals surface area contributed by atoms with Gasteiger partial charge in [-0.15, -0.1) is 0 Å². The van der Waals surface area contributed by atoms with Gasteiger partial charge < -0.3 is 9.42 Å². The van der Waals surface area contributed by atoms with Crippen molar-refractivity contribution in [1.29, 1.82) is 0 Å². The second-order valence-corrected chi connectivity index (χ2v) is 8.17. The number of nitrogens with zero attached hydrogens (tertiary/aromatic N) is 3. The van der Waals surface area contributed by atoms with Crippen LogP contribution in [0.2, 0.25) is 0 Å². The van der Waals surface area contributed by atoms with E-state index in [1.165, 1.54) is 31.2 Å². The quantitative estimate of drug-likeness (QED) is 0.767. The summed E-state index contributed by atoms with van der Waals surface area (Å²) in [5, 5.41) is 4.21. The summed E-state index contributed by atoms with van der Waals surface area (Å²) in [6.45, 7) is 3.67. The number of carbonyl (C=O) groups excluding carboxylic acids is 1. The molecule has 1 saturated heterocycles. The van der Waals surface area contributed by atoms with Crippen molar-refractivity contribution in [2.24, 2.45) is 5.92 Å². The van der Waals surface area contributed by atoms with Gasteiger partial charge in [-0.25, -0.2) is 0 Å². The molecule has 1 aromatic heterocycles. The van der Waals surface area contributed by atoms with Gasteiger partial charge in [0.15, 0.2) is 5.82 Å². The number of hydrogen-bond donors (Lipinski definition) is 0. The van der Waals surface area contributed by atoms with E-state index in [4.69, 9.17) is 4.52 Å². The maximum absolute atomic E-state index is 12.5. The smallest absolute Gasteiger partial charge is 0.257 e. The van der Waals surface area contributed by atoms with Crippen LogP contribution in [0.1, 0.15) is 68.7 Å². The van der Waals surface area contributed by atoms with Crippen LogP contribution in [-0.4, -0.2) is 34.0 Å². The molecule has 0 radical (unpaired) electrons. The Hall–Kier alpha value is -2.17. The third-order valence-corrected chi connectivity index (χ3v) is 6.16. The van der Waals surface area contributed by atoms with Crippen molar-refractivity contribution in [1.82, 2.24) is 15.0 Å². The van der Waals surface area contributed by atoms with Crippen LogP contribution >= 0.6 is 0 Å². The van der Waals surface area contributed by atoms with E-state index in [0.29, 0.717) is 11.8 Å². The zero-order chi connectivity index (χ0) is 18.6. The lowest BCUT2D eigenvalue weighted by Crippen LogP contribution is -2.38. The van der Waals surface area contributed by atoms with Crippen molar-refractivity contribution in [2.45, 2.75) is 64.2 Å². The molecule has 1 aromatic carbocycles. The lowest BCUT2D eigenvalue weighted by atomic mass is 9.95. The number of aromatic nitrogens is 2. The lowest BCUT2D eigenvalue weighted by molar-refractivity contribution is -0.132. The molecule has 2 aliphatic rings. The van der Waals surface area contributed by atoms with E-state index in [9.17, 15) is 4.79 Å². The summed E-state index contributed by atoms with van der Waals surface area (Å²) in [6.07, 6.45) is 8.95. The topological polar surface area (TPSA) is 59.2 Å². The van der Waals surface area contributed by atoms with Crippen LogP contribution in [0.15, 0.2) is 28.8 Å². The summed E-state index contributed by atoms with van der Waals surface area (Å²) in [5.74, 6) is 2.76. The Morgan fingerprint density at radius 2 is 1.96 bits per heavy atom. The molecule has 0 atom stereocenters. The van der Waals surface area contributed by atoms with Gasteiger partial charge in [-0.1, -0.05) is 48.5 Å². The Kier molecular flexibility index (Phi) is 5.55. The number of rotatable bonds is 5. The Morgan fingerprint density at radius 1 is 1.19 bits per heavy atom. The molecule has 2 fully saturated rings. The number of likely N-dealkylation sites (tertiary alicyclic amines) is 1. The minimum Gasteiger partial charge on any atom is -0.343 e. The van der Waals surface area contributed by atoms with Crippen LogP contribution in [0.5, 0.6) is 0 Å². The van der Waals surface area contributed by atoms with Crippen LogP contribution in [0.3, 0.4) is 0 Å². The Bertz CT molecular complexity index is 771. The minimum absolute atomic E-state index is 0.284. The van der Waals surface area contributed by atoms with E-state index in [-0.39, 0.29) is 5.92 Å².